The fraction of sp³-hybridized carbons (Fsp3) is 0.778. The van der Waals surface area contributed by atoms with Crippen LogP contribution in [0.3, 0.4) is 0 Å². The molecule has 0 saturated heterocycles. The van der Waals surface area contributed by atoms with E-state index >= 15 is 0 Å². The molecule has 0 heterocycles. The van der Waals surface area contributed by atoms with Gasteiger partial charge in [-0.05, 0) is 24.0 Å². The van der Waals surface area contributed by atoms with Crippen LogP contribution in [0, 0.1) is 5.41 Å². The summed E-state index contributed by atoms with van der Waals surface area (Å²) < 4.78 is 0. The molecule has 0 aliphatic heterocycles. The van der Waals surface area contributed by atoms with Crippen molar-refractivity contribution in [3.05, 3.63) is 0 Å². The van der Waals surface area contributed by atoms with Gasteiger partial charge >= 0.3 is 0 Å². The molecular weight excluding hydrogens is 200 g/mol. The lowest BCUT2D eigenvalue weighted by Crippen LogP contribution is -2.36. The molecule has 2 amide bonds. The molecule has 2 N–H and O–H groups in total. The van der Waals surface area contributed by atoms with E-state index in [1.54, 1.807) is 7.05 Å². The summed E-state index contributed by atoms with van der Waals surface area (Å²) in [5.74, 6) is 0.246. The minimum atomic E-state index is -0.475. The molecule has 1 aliphatic carbocycles. The van der Waals surface area contributed by atoms with Crippen LogP contribution in [0.2, 0.25) is 0 Å². The molecule has 0 spiro atoms. The number of carbonyl (C=O) groups excluding carboxylic acids is 2. The molecule has 0 atom stereocenters. The number of nitrogens with two attached hydrogens (primary N) is 1. The average Bonchev–Trinajstić information content (AvgIpc) is 2.84. The van der Waals surface area contributed by atoms with Gasteiger partial charge in [-0.3, -0.25) is 9.59 Å². The third-order valence-electron chi connectivity index (χ3n) is 2.64. The van der Waals surface area contributed by atoms with E-state index in [0.717, 1.165) is 18.6 Å². The van der Waals surface area contributed by atoms with Gasteiger partial charge in [-0.2, -0.15) is 12.6 Å². The maximum atomic E-state index is 11.6. The maximum absolute atomic E-state index is 11.6. The van der Waals surface area contributed by atoms with E-state index in [-0.39, 0.29) is 17.9 Å². The Morgan fingerprint density at radius 2 is 2.07 bits per heavy atom. The largest absolute Gasteiger partial charge is 0.368 e. The fourth-order valence-electron chi connectivity index (χ4n) is 1.35. The summed E-state index contributed by atoms with van der Waals surface area (Å²) in [7, 11) is 1.60. The van der Waals surface area contributed by atoms with Crippen LogP contribution in [-0.2, 0) is 9.59 Å². The lowest BCUT2D eigenvalue weighted by atomic mass is 10.0. The van der Waals surface area contributed by atoms with Crippen molar-refractivity contribution >= 4 is 24.4 Å². The van der Waals surface area contributed by atoms with Gasteiger partial charge in [0.1, 0.15) is 0 Å². The number of hydrogen-bond acceptors (Lipinski definition) is 3. The van der Waals surface area contributed by atoms with E-state index in [2.05, 4.69) is 12.6 Å². The number of hydrogen-bond donors (Lipinski definition) is 2. The second-order valence-corrected chi connectivity index (χ2v) is 4.37. The molecule has 80 valence electrons. The lowest BCUT2D eigenvalue weighted by molar-refractivity contribution is -0.134. The van der Waals surface area contributed by atoms with E-state index in [9.17, 15) is 9.59 Å². The van der Waals surface area contributed by atoms with Crippen molar-refractivity contribution in [3.8, 4) is 0 Å². The van der Waals surface area contributed by atoms with Crippen LogP contribution in [-0.4, -0.2) is 36.1 Å². The van der Waals surface area contributed by atoms with Crippen LogP contribution in [0.4, 0.5) is 0 Å². The topological polar surface area (TPSA) is 63.4 Å². The van der Waals surface area contributed by atoms with Gasteiger partial charge < -0.3 is 10.6 Å². The first-order valence-corrected chi connectivity index (χ1v) is 5.25. The van der Waals surface area contributed by atoms with Crippen molar-refractivity contribution in [2.75, 3.05) is 19.3 Å². The van der Waals surface area contributed by atoms with Crippen molar-refractivity contribution in [1.29, 1.82) is 0 Å². The number of rotatable bonds is 5. The highest BCUT2D eigenvalue weighted by molar-refractivity contribution is 7.80. The Bertz CT molecular complexity index is 251. The first-order chi connectivity index (χ1) is 6.49. The lowest BCUT2D eigenvalue weighted by Gasteiger charge is -2.18. The molecule has 0 aromatic heterocycles. The zero-order chi connectivity index (χ0) is 10.8. The summed E-state index contributed by atoms with van der Waals surface area (Å²) in [4.78, 5) is 23.5. The Morgan fingerprint density at radius 3 is 2.43 bits per heavy atom. The smallest absolute Gasteiger partial charge is 0.237 e. The van der Waals surface area contributed by atoms with Gasteiger partial charge in [0.25, 0.3) is 0 Å². The molecule has 1 rings (SSSR count). The normalized spacial score (nSPS) is 17.6. The Hall–Kier alpha value is -0.710. The highest BCUT2D eigenvalue weighted by atomic mass is 32.1. The van der Waals surface area contributed by atoms with E-state index in [0.29, 0.717) is 6.42 Å². The zero-order valence-corrected chi connectivity index (χ0v) is 9.22. The van der Waals surface area contributed by atoms with Crippen LogP contribution < -0.4 is 5.73 Å². The van der Waals surface area contributed by atoms with Crippen molar-refractivity contribution in [2.24, 2.45) is 11.1 Å². The standard InChI is InChI=1S/C9H16N2O2S/c1-11(5-7(10)12)8(13)4-9(6-14)2-3-9/h14H,2-6H2,1H3,(H2,10,12). The Balaban J connectivity index is 2.38. The monoisotopic (exact) mass is 216 g/mol. The quantitative estimate of drug-likeness (QED) is 0.637. The van der Waals surface area contributed by atoms with E-state index in [4.69, 9.17) is 5.73 Å². The van der Waals surface area contributed by atoms with Gasteiger partial charge in [-0.1, -0.05) is 0 Å². The number of carbonyl (C=O) groups is 2. The number of likely N-dealkylation sites (N-methyl/N-ethyl adjacent to an activating group) is 1. The number of nitrogens with zero attached hydrogens (tertiary/aromatic N) is 1. The van der Waals surface area contributed by atoms with E-state index in [1.807, 2.05) is 0 Å². The maximum Gasteiger partial charge on any atom is 0.237 e. The molecule has 0 bridgehead atoms. The first-order valence-electron chi connectivity index (χ1n) is 4.62. The van der Waals surface area contributed by atoms with Crippen LogP contribution in [0.5, 0.6) is 0 Å². The predicted octanol–water partition coefficient (Wildman–Crippen LogP) is 0.0302. The fourth-order valence-corrected chi connectivity index (χ4v) is 1.77. The average molecular weight is 216 g/mol. The van der Waals surface area contributed by atoms with Gasteiger partial charge in [0, 0.05) is 13.5 Å². The number of amides is 2. The van der Waals surface area contributed by atoms with Crippen LogP contribution in [0.1, 0.15) is 19.3 Å². The summed E-state index contributed by atoms with van der Waals surface area (Å²) in [6, 6.07) is 0. The summed E-state index contributed by atoms with van der Waals surface area (Å²) in [5, 5.41) is 0. The van der Waals surface area contributed by atoms with Crippen LogP contribution in [0.25, 0.3) is 0 Å². The van der Waals surface area contributed by atoms with Crippen molar-refractivity contribution in [1.82, 2.24) is 4.90 Å². The van der Waals surface area contributed by atoms with Gasteiger partial charge in [-0.25, -0.2) is 0 Å². The highest BCUT2D eigenvalue weighted by Gasteiger charge is 2.43. The molecule has 5 heteroatoms. The van der Waals surface area contributed by atoms with Crippen LogP contribution in [0.15, 0.2) is 0 Å². The summed E-state index contributed by atoms with van der Waals surface area (Å²) in [6.45, 7) is 0.00147. The third kappa shape index (κ3) is 2.90. The summed E-state index contributed by atoms with van der Waals surface area (Å²) >= 11 is 4.21. The molecule has 4 nitrogen and oxygen atoms in total. The van der Waals surface area contributed by atoms with Crippen molar-refractivity contribution in [3.63, 3.8) is 0 Å². The molecular formula is C9H16N2O2S. The number of thiol groups is 1. The van der Waals surface area contributed by atoms with Gasteiger partial charge in [0.2, 0.25) is 11.8 Å². The predicted molar refractivity (Wildman–Crippen MR) is 57.0 cm³/mol. The van der Waals surface area contributed by atoms with Crippen molar-refractivity contribution in [2.45, 2.75) is 19.3 Å². The van der Waals surface area contributed by atoms with Crippen LogP contribution >= 0.6 is 12.6 Å². The minimum absolute atomic E-state index is 0.00147. The number of primary amides is 1. The van der Waals surface area contributed by atoms with E-state index in [1.165, 1.54) is 4.90 Å². The highest BCUT2D eigenvalue weighted by Crippen LogP contribution is 2.49. The van der Waals surface area contributed by atoms with Gasteiger partial charge in [0.05, 0.1) is 6.54 Å². The molecule has 1 aliphatic rings. The Morgan fingerprint density at radius 1 is 1.50 bits per heavy atom. The first kappa shape index (κ1) is 11.4. The second-order valence-electron chi connectivity index (χ2n) is 4.05. The van der Waals surface area contributed by atoms with E-state index < -0.39 is 5.91 Å². The molecule has 0 aromatic carbocycles. The molecule has 0 radical (unpaired) electrons. The summed E-state index contributed by atoms with van der Waals surface area (Å²) in [6.07, 6.45) is 2.61. The third-order valence-corrected chi connectivity index (χ3v) is 3.31. The van der Waals surface area contributed by atoms with Gasteiger partial charge in [-0.15, -0.1) is 0 Å². The molecule has 0 aromatic rings. The zero-order valence-electron chi connectivity index (χ0n) is 8.32. The SMILES string of the molecule is CN(CC(N)=O)C(=O)CC1(CS)CC1. The Kier molecular flexibility index (Phi) is 3.42. The summed E-state index contributed by atoms with van der Waals surface area (Å²) in [5.41, 5.74) is 5.10. The van der Waals surface area contributed by atoms with Crippen molar-refractivity contribution < 1.29 is 9.59 Å². The van der Waals surface area contributed by atoms with Gasteiger partial charge in [0.15, 0.2) is 0 Å². The Labute approximate surface area is 89.2 Å². The molecule has 14 heavy (non-hydrogen) atoms. The molecule has 1 saturated carbocycles. The molecule has 1 fully saturated rings. The second kappa shape index (κ2) is 4.21. The molecule has 0 unspecified atom stereocenters. The minimum Gasteiger partial charge on any atom is -0.368 e.